The van der Waals surface area contributed by atoms with E-state index in [4.69, 9.17) is 16.3 Å². The number of carbonyl (C=O) groups is 2. The molecule has 0 atom stereocenters. The van der Waals surface area contributed by atoms with E-state index >= 15 is 0 Å². The summed E-state index contributed by atoms with van der Waals surface area (Å²) in [6, 6.07) is 13.9. The molecule has 6 nitrogen and oxygen atoms in total. The Bertz CT molecular complexity index is 734. The second-order valence-electron chi connectivity index (χ2n) is 5.18. The fourth-order valence-corrected chi connectivity index (χ4v) is 2.23. The molecule has 0 aliphatic heterocycles. The minimum Gasteiger partial charge on any atom is -0.493 e. The van der Waals surface area contributed by atoms with Crippen LogP contribution < -0.4 is 15.0 Å². The Morgan fingerprint density at radius 2 is 1.88 bits per heavy atom. The van der Waals surface area contributed by atoms with Crippen LogP contribution in [0.2, 0.25) is 5.02 Å². The fraction of sp³-hybridized carbons (Fsp3) is 0.222. The van der Waals surface area contributed by atoms with Gasteiger partial charge in [-0.2, -0.15) is 0 Å². The van der Waals surface area contributed by atoms with Crippen molar-refractivity contribution in [3.63, 3.8) is 0 Å². The molecule has 0 radical (unpaired) electrons. The van der Waals surface area contributed by atoms with Crippen LogP contribution in [0, 0.1) is 0 Å². The van der Waals surface area contributed by atoms with Crippen LogP contribution in [0.5, 0.6) is 5.75 Å². The molecule has 0 aliphatic carbocycles. The summed E-state index contributed by atoms with van der Waals surface area (Å²) in [5.74, 6) is 0.451. The smallest absolute Gasteiger partial charge is 0.413 e. The van der Waals surface area contributed by atoms with Gasteiger partial charge in [0, 0.05) is 23.4 Å². The number of amides is 2. The number of carbonyl (C=O) groups excluding carboxylic acids is 2. The minimum atomic E-state index is -0.463. The highest BCUT2D eigenvalue weighted by Gasteiger charge is 2.10. The summed E-state index contributed by atoms with van der Waals surface area (Å²) in [6.07, 6.45) is -0.258. The average molecular weight is 363 g/mol. The van der Waals surface area contributed by atoms with E-state index in [0.717, 1.165) is 0 Å². The lowest BCUT2D eigenvalue weighted by atomic mass is 10.2. The molecular formula is C18H19ClN2O4. The Kier molecular flexibility index (Phi) is 6.65. The Balaban J connectivity index is 1.81. The molecule has 7 heteroatoms. The van der Waals surface area contributed by atoms with Crippen LogP contribution in [0.1, 0.15) is 6.42 Å². The summed E-state index contributed by atoms with van der Waals surface area (Å²) in [7, 11) is 2.92. The normalized spacial score (nSPS) is 10.0. The quantitative estimate of drug-likeness (QED) is 0.844. The second kappa shape index (κ2) is 8.94. The van der Waals surface area contributed by atoms with Crippen LogP contribution in [0.3, 0.4) is 0 Å². The van der Waals surface area contributed by atoms with Crippen LogP contribution in [-0.4, -0.2) is 32.8 Å². The predicted molar refractivity (Wildman–Crippen MR) is 97.4 cm³/mol. The van der Waals surface area contributed by atoms with Crippen molar-refractivity contribution in [3.05, 3.63) is 53.6 Å². The van der Waals surface area contributed by atoms with Gasteiger partial charge in [-0.05, 0) is 42.5 Å². The molecule has 25 heavy (non-hydrogen) atoms. The summed E-state index contributed by atoms with van der Waals surface area (Å²) in [6.45, 7) is 0.245. The fourth-order valence-electron chi connectivity index (χ4n) is 2.05. The number of benzene rings is 2. The Hall–Kier alpha value is -2.73. The van der Waals surface area contributed by atoms with E-state index in [0.29, 0.717) is 22.1 Å². The number of rotatable bonds is 6. The van der Waals surface area contributed by atoms with Gasteiger partial charge in [0.2, 0.25) is 5.91 Å². The predicted octanol–water partition coefficient (Wildman–Crippen LogP) is 3.95. The van der Waals surface area contributed by atoms with Crippen molar-refractivity contribution in [2.45, 2.75) is 6.42 Å². The highest BCUT2D eigenvalue weighted by molar-refractivity contribution is 6.30. The van der Waals surface area contributed by atoms with Crippen molar-refractivity contribution >= 4 is 35.0 Å². The molecule has 0 aromatic heterocycles. The maximum Gasteiger partial charge on any atom is 0.413 e. The highest BCUT2D eigenvalue weighted by Crippen LogP contribution is 2.19. The summed E-state index contributed by atoms with van der Waals surface area (Å²) < 4.78 is 10.1. The standard InChI is InChI=1S/C18H19ClN2O4/c1-21(18(23)24-2)15-8-6-14(7-9-15)20-17(22)10-11-25-16-5-3-4-13(19)12-16/h3-9,12H,10-11H2,1-2H3,(H,20,22). The lowest BCUT2D eigenvalue weighted by Crippen LogP contribution is -2.25. The maximum absolute atomic E-state index is 11.9. The molecular weight excluding hydrogens is 344 g/mol. The molecule has 132 valence electrons. The van der Waals surface area contributed by atoms with E-state index in [9.17, 15) is 9.59 Å². The third kappa shape index (κ3) is 5.69. The van der Waals surface area contributed by atoms with Gasteiger partial charge in [0.1, 0.15) is 5.75 Å². The first-order valence-corrected chi connectivity index (χ1v) is 7.97. The van der Waals surface area contributed by atoms with Crippen molar-refractivity contribution < 1.29 is 19.1 Å². The van der Waals surface area contributed by atoms with Crippen molar-refractivity contribution in [3.8, 4) is 5.75 Å². The third-order valence-electron chi connectivity index (χ3n) is 3.38. The van der Waals surface area contributed by atoms with Gasteiger partial charge in [0.15, 0.2) is 0 Å². The zero-order valence-corrected chi connectivity index (χ0v) is 14.7. The van der Waals surface area contributed by atoms with Gasteiger partial charge in [-0.3, -0.25) is 9.69 Å². The molecule has 2 aromatic rings. The monoisotopic (exact) mass is 362 g/mol. The van der Waals surface area contributed by atoms with Gasteiger partial charge in [-0.25, -0.2) is 4.79 Å². The van der Waals surface area contributed by atoms with Crippen molar-refractivity contribution in [1.29, 1.82) is 0 Å². The second-order valence-corrected chi connectivity index (χ2v) is 5.62. The van der Waals surface area contributed by atoms with Gasteiger partial charge in [-0.15, -0.1) is 0 Å². The number of anilines is 2. The van der Waals surface area contributed by atoms with E-state index in [1.165, 1.54) is 12.0 Å². The Labute approximate surface area is 151 Å². The molecule has 0 saturated carbocycles. The first-order valence-electron chi connectivity index (χ1n) is 7.59. The van der Waals surface area contributed by atoms with E-state index < -0.39 is 6.09 Å². The Morgan fingerprint density at radius 1 is 1.16 bits per heavy atom. The van der Waals surface area contributed by atoms with Gasteiger partial charge in [0.05, 0.1) is 20.1 Å². The van der Waals surface area contributed by atoms with Crippen molar-refractivity contribution in [2.75, 3.05) is 31.0 Å². The molecule has 0 heterocycles. The molecule has 2 rings (SSSR count). The number of hydrogen-bond acceptors (Lipinski definition) is 4. The summed E-state index contributed by atoms with van der Waals surface area (Å²) in [4.78, 5) is 24.7. The maximum atomic E-state index is 11.9. The molecule has 0 fully saturated rings. The van der Waals surface area contributed by atoms with Crippen LogP contribution in [0.15, 0.2) is 48.5 Å². The van der Waals surface area contributed by atoms with E-state index in [-0.39, 0.29) is 18.9 Å². The third-order valence-corrected chi connectivity index (χ3v) is 3.62. The van der Waals surface area contributed by atoms with Gasteiger partial charge in [0.25, 0.3) is 0 Å². The summed E-state index contributed by atoms with van der Waals surface area (Å²) in [5.41, 5.74) is 1.30. The minimum absolute atomic E-state index is 0.170. The lowest BCUT2D eigenvalue weighted by molar-refractivity contribution is -0.116. The molecule has 2 aromatic carbocycles. The van der Waals surface area contributed by atoms with Crippen LogP contribution >= 0.6 is 11.6 Å². The van der Waals surface area contributed by atoms with Gasteiger partial charge < -0.3 is 14.8 Å². The largest absolute Gasteiger partial charge is 0.493 e. The number of halogens is 1. The lowest BCUT2D eigenvalue weighted by Gasteiger charge is -2.16. The van der Waals surface area contributed by atoms with Crippen LogP contribution in [0.25, 0.3) is 0 Å². The topological polar surface area (TPSA) is 67.9 Å². The van der Waals surface area contributed by atoms with Gasteiger partial charge >= 0.3 is 6.09 Å². The van der Waals surface area contributed by atoms with Crippen molar-refractivity contribution in [1.82, 2.24) is 0 Å². The summed E-state index contributed by atoms with van der Waals surface area (Å²) >= 11 is 5.87. The number of methoxy groups -OCH3 is 1. The average Bonchev–Trinajstić information content (AvgIpc) is 2.61. The van der Waals surface area contributed by atoms with E-state index in [1.807, 2.05) is 0 Å². The van der Waals surface area contributed by atoms with E-state index in [2.05, 4.69) is 10.1 Å². The highest BCUT2D eigenvalue weighted by atomic mass is 35.5. The van der Waals surface area contributed by atoms with Crippen LogP contribution in [-0.2, 0) is 9.53 Å². The molecule has 1 N–H and O–H groups in total. The molecule has 0 saturated heterocycles. The van der Waals surface area contributed by atoms with E-state index in [1.54, 1.807) is 55.6 Å². The molecule has 2 amide bonds. The molecule has 0 bridgehead atoms. The zero-order chi connectivity index (χ0) is 18.2. The molecule has 0 aliphatic rings. The van der Waals surface area contributed by atoms with Gasteiger partial charge in [-0.1, -0.05) is 17.7 Å². The number of nitrogens with one attached hydrogen (secondary N) is 1. The summed E-state index contributed by atoms with van der Waals surface area (Å²) in [5, 5.41) is 3.35. The Morgan fingerprint density at radius 3 is 2.52 bits per heavy atom. The SMILES string of the molecule is COC(=O)N(C)c1ccc(NC(=O)CCOc2cccc(Cl)c2)cc1. The first-order chi connectivity index (χ1) is 12.0. The molecule has 0 spiro atoms. The number of hydrogen-bond donors (Lipinski definition) is 1. The first kappa shape index (κ1) is 18.6. The van der Waals surface area contributed by atoms with Crippen molar-refractivity contribution in [2.24, 2.45) is 0 Å². The van der Waals surface area contributed by atoms with Crippen LogP contribution in [0.4, 0.5) is 16.2 Å². The number of nitrogens with zero attached hydrogens (tertiary/aromatic N) is 1. The molecule has 0 unspecified atom stereocenters. The zero-order valence-electron chi connectivity index (χ0n) is 14.0. The number of ether oxygens (including phenoxy) is 2.